The minimum absolute atomic E-state index is 0.129. The van der Waals surface area contributed by atoms with Crippen LogP contribution in [0.2, 0.25) is 0 Å². The van der Waals surface area contributed by atoms with E-state index in [1.54, 1.807) is 32.6 Å². The van der Waals surface area contributed by atoms with Crippen LogP contribution >= 0.6 is 0 Å². The van der Waals surface area contributed by atoms with Gasteiger partial charge in [0.05, 0.1) is 11.9 Å². The monoisotopic (exact) mass is 495 g/mol. The number of carbonyl (C=O) groups is 2. The lowest BCUT2D eigenvalue weighted by Gasteiger charge is -2.41. The van der Waals surface area contributed by atoms with Crippen LogP contribution in [0.3, 0.4) is 0 Å². The first-order chi connectivity index (χ1) is 16.9. The van der Waals surface area contributed by atoms with Crippen molar-refractivity contribution in [1.29, 1.82) is 0 Å². The predicted molar refractivity (Wildman–Crippen MR) is 135 cm³/mol. The van der Waals surface area contributed by atoms with Gasteiger partial charge in [0, 0.05) is 36.8 Å². The van der Waals surface area contributed by atoms with Crippen LogP contribution in [-0.2, 0) is 4.79 Å². The number of amides is 2. The first kappa shape index (κ1) is 25.8. The molecule has 2 amide bonds. The van der Waals surface area contributed by atoms with Crippen molar-refractivity contribution < 1.29 is 19.1 Å². The molecule has 2 atom stereocenters. The molecule has 0 aliphatic carbocycles. The Morgan fingerprint density at radius 3 is 2.39 bits per heavy atom. The number of aromatic nitrogens is 3. The Kier molecular flexibility index (Phi) is 6.88. The SMILES string of the molecule is CC(C)c1cc(-c2ccc(F)cc2)nn2cc(C(=O)N3CCN(C(=O)C(O)C(C)(C)C)C(C)C3)nc12. The molecule has 1 aromatic carbocycles. The van der Waals surface area contributed by atoms with Crippen LogP contribution in [0.5, 0.6) is 0 Å². The number of piperazine rings is 1. The fraction of sp³-hybridized carbons (Fsp3) is 0.481. The Bertz CT molecular complexity index is 1280. The maximum atomic E-state index is 13.4. The molecule has 0 radical (unpaired) electrons. The lowest BCUT2D eigenvalue weighted by atomic mass is 9.88. The lowest BCUT2D eigenvalue weighted by Crippen LogP contribution is -2.58. The van der Waals surface area contributed by atoms with E-state index in [1.807, 2.05) is 47.6 Å². The summed E-state index contributed by atoms with van der Waals surface area (Å²) in [5, 5.41) is 15.1. The molecule has 2 unspecified atom stereocenters. The standard InChI is InChI=1S/C27H34FN5O3/c1-16(2)20-13-21(18-7-9-19(28)10-8-18)30-33-15-22(29-24(20)33)25(35)31-11-12-32(17(3)14-31)26(36)23(34)27(4,5)6/h7-10,13,15-17,23,34H,11-12,14H2,1-6H3. The highest BCUT2D eigenvalue weighted by Gasteiger charge is 2.37. The number of halogens is 1. The van der Waals surface area contributed by atoms with Gasteiger partial charge in [-0.15, -0.1) is 0 Å². The largest absolute Gasteiger partial charge is 0.383 e. The second-order valence-electron chi connectivity index (χ2n) is 10.9. The molecule has 8 nitrogen and oxygen atoms in total. The molecule has 36 heavy (non-hydrogen) atoms. The van der Waals surface area contributed by atoms with Crippen LogP contribution in [-0.4, -0.2) is 73.1 Å². The Hall–Kier alpha value is -3.33. The van der Waals surface area contributed by atoms with E-state index in [2.05, 4.69) is 10.1 Å². The minimum Gasteiger partial charge on any atom is -0.383 e. The number of benzene rings is 1. The topological polar surface area (TPSA) is 91.0 Å². The van der Waals surface area contributed by atoms with Gasteiger partial charge in [-0.25, -0.2) is 13.9 Å². The van der Waals surface area contributed by atoms with Gasteiger partial charge in [0.2, 0.25) is 0 Å². The summed E-state index contributed by atoms with van der Waals surface area (Å²) in [6.07, 6.45) is 0.527. The van der Waals surface area contributed by atoms with Gasteiger partial charge in [0.15, 0.2) is 5.65 Å². The maximum Gasteiger partial charge on any atom is 0.274 e. The quantitative estimate of drug-likeness (QED) is 0.596. The smallest absolute Gasteiger partial charge is 0.274 e. The molecule has 1 aliphatic rings. The molecule has 1 aliphatic heterocycles. The van der Waals surface area contributed by atoms with Crippen LogP contribution in [0.4, 0.5) is 4.39 Å². The molecule has 9 heteroatoms. The third-order valence-electron chi connectivity index (χ3n) is 6.69. The Morgan fingerprint density at radius 1 is 1.14 bits per heavy atom. The first-order valence-electron chi connectivity index (χ1n) is 12.3. The number of imidazole rings is 1. The summed E-state index contributed by atoms with van der Waals surface area (Å²) in [7, 11) is 0. The third kappa shape index (κ3) is 4.97. The number of rotatable bonds is 4. The minimum atomic E-state index is -1.10. The zero-order chi connectivity index (χ0) is 26.4. The number of aliphatic hydroxyl groups is 1. The zero-order valence-electron chi connectivity index (χ0n) is 21.7. The molecule has 0 saturated carbocycles. The molecule has 3 aromatic rings. The Balaban J connectivity index is 1.58. The van der Waals surface area contributed by atoms with Gasteiger partial charge < -0.3 is 14.9 Å². The summed E-state index contributed by atoms with van der Waals surface area (Å²) in [6, 6.07) is 7.83. The summed E-state index contributed by atoms with van der Waals surface area (Å²) < 4.78 is 15.0. The number of nitrogens with zero attached hydrogens (tertiary/aromatic N) is 5. The average Bonchev–Trinajstić information content (AvgIpc) is 3.26. The fourth-order valence-electron chi connectivity index (χ4n) is 4.45. The molecule has 0 spiro atoms. The molecule has 1 N–H and O–H groups in total. The predicted octanol–water partition coefficient (Wildman–Crippen LogP) is 3.74. The second kappa shape index (κ2) is 9.61. The average molecular weight is 496 g/mol. The fourth-order valence-corrected chi connectivity index (χ4v) is 4.45. The van der Waals surface area contributed by atoms with Crippen LogP contribution in [0.1, 0.15) is 63.5 Å². The molecular weight excluding hydrogens is 461 g/mol. The van der Waals surface area contributed by atoms with Gasteiger partial charge in [0.25, 0.3) is 11.8 Å². The van der Waals surface area contributed by atoms with Crippen molar-refractivity contribution >= 4 is 17.5 Å². The highest BCUT2D eigenvalue weighted by molar-refractivity contribution is 5.93. The van der Waals surface area contributed by atoms with Gasteiger partial charge in [-0.2, -0.15) is 5.10 Å². The zero-order valence-corrected chi connectivity index (χ0v) is 21.7. The van der Waals surface area contributed by atoms with Crippen LogP contribution in [0.25, 0.3) is 16.9 Å². The summed E-state index contributed by atoms with van der Waals surface area (Å²) in [6.45, 7) is 12.5. The lowest BCUT2D eigenvalue weighted by molar-refractivity contribution is -0.149. The van der Waals surface area contributed by atoms with Crippen LogP contribution < -0.4 is 0 Å². The molecule has 192 valence electrons. The van der Waals surface area contributed by atoms with Crippen molar-refractivity contribution in [1.82, 2.24) is 24.4 Å². The maximum absolute atomic E-state index is 13.4. The van der Waals surface area contributed by atoms with Gasteiger partial charge >= 0.3 is 0 Å². The summed E-state index contributed by atoms with van der Waals surface area (Å²) in [5.41, 5.74) is 2.70. The number of hydrogen-bond donors (Lipinski definition) is 1. The van der Waals surface area contributed by atoms with Crippen molar-refractivity contribution in [2.75, 3.05) is 19.6 Å². The van der Waals surface area contributed by atoms with Gasteiger partial charge in [0.1, 0.15) is 17.6 Å². The highest BCUT2D eigenvalue weighted by atomic mass is 19.1. The molecule has 0 bridgehead atoms. The molecule has 3 heterocycles. The highest BCUT2D eigenvalue weighted by Crippen LogP contribution is 2.27. The van der Waals surface area contributed by atoms with Crippen LogP contribution in [0, 0.1) is 11.2 Å². The van der Waals surface area contributed by atoms with E-state index < -0.39 is 11.5 Å². The molecule has 2 aromatic heterocycles. The molecule has 1 saturated heterocycles. The van der Waals surface area contributed by atoms with E-state index in [9.17, 15) is 19.1 Å². The summed E-state index contributed by atoms with van der Waals surface area (Å²) >= 11 is 0. The van der Waals surface area contributed by atoms with Crippen molar-refractivity contribution in [3.63, 3.8) is 0 Å². The normalized spacial score (nSPS) is 17.6. The van der Waals surface area contributed by atoms with Gasteiger partial charge in [-0.3, -0.25) is 9.59 Å². The van der Waals surface area contributed by atoms with E-state index in [-0.39, 0.29) is 35.3 Å². The molecular formula is C27H34FN5O3. The van der Waals surface area contributed by atoms with Crippen molar-refractivity contribution in [3.05, 3.63) is 53.6 Å². The van der Waals surface area contributed by atoms with E-state index in [0.717, 1.165) is 11.1 Å². The summed E-state index contributed by atoms with van der Waals surface area (Å²) in [5.74, 6) is -0.727. The first-order valence-corrected chi connectivity index (χ1v) is 12.3. The third-order valence-corrected chi connectivity index (χ3v) is 6.69. The number of carbonyl (C=O) groups excluding carboxylic acids is 2. The van der Waals surface area contributed by atoms with E-state index in [1.165, 1.54) is 12.1 Å². The van der Waals surface area contributed by atoms with Crippen molar-refractivity contribution in [2.45, 2.75) is 59.6 Å². The van der Waals surface area contributed by atoms with E-state index in [4.69, 9.17) is 0 Å². The Labute approximate surface area is 210 Å². The van der Waals surface area contributed by atoms with E-state index >= 15 is 0 Å². The van der Waals surface area contributed by atoms with Gasteiger partial charge in [-0.05, 0) is 48.6 Å². The second-order valence-corrected chi connectivity index (χ2v) is 10.9. The van der Waals surface area contributed by atoms with Gasteiger partial charge in [-0.1, -0.05) is 34.6 Å². The number of hydrogen-bond acceptors (Lipinski definition) is 5. The number of aliphatic hydroxyl groups excluding tert-OH is 1. The molecule has 4 rings (SSSR count). The van der Waals surface area contributed by atoms with Crippen molar-refractivity contribution in [3.8, 4) is 11.3 Å². The van der Waals surface area contributed by atoms with Crippen LogP contribution in [0.15, 0.2) is 36.5 Å². The molecule has 1 fully saturated rings. The van der Waals surface area contributed by atoms with E-state index in [0.29, 0.717) is 31.0 Å². The Morgan fingerprint density at radius 2 is 1.81 bits per heavy atom. The number of fused-ring (bicyclic) bond motifs is 1. The summed E-state index contributed by atoms with van der Waals surface area (Å²) in [4.78, 5) is 34.2. The van der Waals surface area contributed by atoms with Crippen molar-refractivity contribution in [2.24, 2.45) is 5.41 Å².